The number of hydrogen-bond donors (Lipinski definition) is 0. The largest absolute Gasteiger partial charge is 0.346 e. The highest BCUT2D eigenvalue weighted by molar-refractivity contribution is 7.70. The van der Waals surface area contributed by atoms with Crippen LogP contribution in [0.25, 0.3) is 0 Å². The molecule has 0 aliphatic heterocycles. The van der Waals surface area contributed by atoms with Crippen molar-refractivity contribution in [1.82, 2.24) is 0 Å². The van der Waals surface area contributed by atoms with Crippen LogP contribution >= 0.6 is 55.4 Å². The number of halogens is 5. The van der Waals surface area contributed by atoms with Crippen LogP contribution in [-0.2, 0) is 0 Å². The lowest BCUT2D eigenvalue weighted by atomic mass is 10.5. The third-order valence-corrected chi connectivity index (χ3v) is 17.5. The minimum atomic E-state index is -2.81. The van der Waals surface area contributed by atoms with Gasteiger partial charge in [-0.1, -0.05) is 13.8 Å². The topological polar surface area (TPSA) is 0 Å². The first-order valence-corrected chi connectivity index (χ1v) is 12.5. The Morgan fingerprint density at radius 2 is 1.18 bits per heavy atom. The Morgan fingerprint density at radius 1 is 0.909 bits per heavy atom. The summed E-state index contributed by atoms with van der Waals surface area (Å²) >= 11 is 29.5. The van der Waals surface area contributed by atoms with Gasteiger partial charge in [-0.25, -0.2) is 0 Å². The molecule has 0 N–H and O–H groups in total. The van der Waals surface area contributed by atoms with Gasteiger partial charge in [-0.2, -0.15) is 0 Å². The second-order valence-corrected chi connectivity index (χ2v) is 20.7. The molecule has 0 aliphatic rings. The third kappa shape index (κ3) is 2.94. The quantitative estimate of drug-likeness (QED) is 0.518. The Kier molecular flexibility index (Phi) is 4.17. The van der Waals surface area contributed by atoms with E-state index < -0.39 is 17.4 Å². The van der Waals surface area contributed by atoms with E-state index in [1.54, 1.807) is 6.55 Å². The molecule has 0 aliphatic carbocycles. The molecule has 0 saturated carbocycles. The van der Waals surface area contributed by atoms with Crippen LogP contribution < -0.4 is 0 Å². The lowest BCUT2D eigenvalue weighted by Crippen LogP contribution is -2.43. The van der Waals surface area contributed by atoms with E-state index in [9.17, 15) is 0 Å². The minimum absolute atomic E-state index is 0.520. The van der Waals surface area contributed by atoms with Crippen LogP contribution in [0, 0.1) is 0 Å². The van der Waals surface area contributed by atoms with Crippen LogP contribution in [0.4, 0.5) is 0 Å². The van der Waals surface area contributed by atoms with Crippen LogP contribution in [0.3, 0.4) is 0 Å². The predicted octanol–water partition coefficient (Wildman–Crippen LogP) is 4.51. The van der Waals surface area contributed by atoms with Crippen molar-refractivity contribution >= 4 is 68.1 Å². The van der Waals surface area contributed by atoms with E-state index in [1.807, 2.05) is 13.8 Å². The van der Waals surface area contributed by atoms with E-state index in [4.69, 9.17) is 55.4 Å². The van der Waals surface area contributed by atoms with Gasteiger partial charge in [-0.15, -0.1) is 55.4 Å². The molecule has 0 radical (unpaired) electrons. The summed E-state index contributed by atoms with van der Waals surface area (Å²) in [5.41, 5.74) is 0. The number of rotatable bonds is 2. The van der Waals surface area contributed by atoms with Gasteiger partial charge in [0.2, 0.25) is 0 Å². The lowest BCUT2D eigenvalue weighted by Gasteiger charge is -2.36. The molecule has 0 aromatic carbocycles. The zero-order chi connectivity index (χ0) is 9.50. The second kappa shape index (κ2) is 3.56. The first kappa shape index (κ1) is 12.9. The second-order valence-electron chi connectivity index (χ2n) is 3.01. The van der Waals surface area contributed by atoms with Crippen molar-refractivity contribution in [2.45, 2.75) is 25.1 Å². The Balaban J connectivity index is 4.75. The molecule has 0 spiro atoms. The highest BCUT2D eigenvalue weighted by atomic mass is 35.8. The van der Waals surface area contributed by atoms with E-state index >= 15 is 0 Å². The van der Waals surface area contributed by atoms with Crippen LogP contribution in [0.15, 0.2) is 0 Å². The average molecular weight is 291 g/mol. The highest BCUT2D eigenvalue weighted by Gasteiger charge is 2.56. The number of hydrogen-bond acceptors (Lipinski definition) is 0. The van der Waals surface area contributed by atoms with Crippen molar-refractivity contribution < 1.29 is 0 Å². The first-order chi connectivity index (χ1) is 4.50. The molecule has 0 aromatic rings. The SMILES string of the molecule is CC(C)([Si](C)(Cl)Cl)[Si](Cl)(Cl)Cl. The van der Waals surface area contributed by atoms with Crippen molar-refractivity contribution in [3.05, 3.63) is 0 Å². The van der Waals surface area contributed by atoms with Crippen molar-refractivity contribution in [2.24, 2.45) is 0 Å². The molecule has 11 heavy (non-hydrogen) atoms. The maximum absolute atomic E-state index is 6.00. The zero-order valence-electron chi connectivity index (χ0n) is 6.39. The Morgan fingerprint density at radius 3 is 1.18 bits per heavy atom. The first-order valence-electron chi connectivity index (χ1n) is 2.94. The smallest absolute Gasteiger partial charge is 0.146 e. The van der Waals surface area contributed by atoms with Crippen molar-refractivity contribution in [2.75, 3.05) is 0 Å². The zero-order valence-corrected chi connectivity index (χ0v) is 12.2. The Bertz CT molecular complexity index is 128. The highest BCUT2D eigenvalue weighted by Crippen LogP contribution is 2.54. The van der Waals surface area contributed by atoms with Crippen LogP contribution in [0.1, 0.15) is 13.8 Å². The van der Waals surface area contributed by atoms with Gasteiger partial charge < -0.3 is 0 Å². The van der Waals surface area contributed by atoms with E-state index in [2.05, 4.69) is 0 Å². The van der Waals surface area contributed by atoms with E-state index in [1.165, 1.54) is 0 Å². The van der Waals surface area contributed by atoms with Crippen LogP contribution in [0.2, 0.25) is 11.2 Å². The van der Waals surface area contributed by atoms with Crippen molar-refractivity contribution in [1.29, 1.82) is 0 Å². The van der Waals surface area contributed by atoms with E-state index in [0.717, 1.165) is 0 Å². The maximum Gasteiger partial charge on any atom is 0.346 e. The van der Waals surface area contributed by atoms with Gasteiger partial charge in [-0.3, -0.25) is 0 Å². The van der Waals surface area contributed by atoms with Gasteiger partial charge >= 0.3 is 6.00 Å². The molecule has 0 saturated heterocycles. The molecule has 0 unspecified atom stereocenters. The molecule has 0 bridgehead atoms. The average Bonchev–Trinajstić information content (AvgIpc) is 1.58. The summed E-state index contributed by atoms with van der Waals surface area (Å²) < 4.78 is -0.520. The van der Waals surface area contributed by atoms with E-state index in [0.29, 0.717) is 0 Å². The fourth-order valence-corrected chi connectivity index (χ4v) is 12.5. The van der Waals surface area contributed by atoms with Gasteiger partial charge in [-0.05, 0) is 6.55 Å². The normalized spacial score (nSPS) is 15.3. The molecule has 0 nitrogen and oxygen atoms in total. The molecule has 68 valence electrons. The molecule has 0 heterocycles. The molecule has 0 rings (SSSR count). The standard InChI is InChI=1S/C4H9Cl5Si2/c1-4(2,10(3,5)6)11(7,8)9/h1-3H3. The maximum atomic E-state index is 6.00. The van der Waals surface area contributed by atoms with Gasteiger partial charge in [0.25, 0.3) is 6.69 Å². The summed E-state index contributed by atoms with van der Waals surface area (Å²) in [6.45, 7) is 2.99. The predicted molar refractivity (Wildman–Crippen MR) is 60.7 cm³/mol. The summed E-state index contributed by atoms with van der Waals surface area (Å²) in [6, 6.07) is -2.81. The van der Waals surface area contributed by atoms with Crippen molar-refractivity contribution in [3.8, 4) is 0 Å². The summed E-state index contributed by atoms with van der Waals surface area (Å²) in [5, 5.41) is 0. The molecule has 0 aromatic heterocycles. The summed E-state index contributed by atoms with van der Waals surface area (Å²) in [5.74, 6) is 0. The van der Waals surface area contributed by atoms with Crippen LogP contribution in [-0.4, -0.2) is 12.7 Å². The van der Waals surface area contributed by atoms with Crippen molar-refractivity contribution in [3.63, 3.8) is 0 Å². The third-order valence-electron chi connectivity index (χ3n) is 1.81. The molecule has 0 fully saturated rings. The van der Waals surface area contributed by atoms with Gasteiger partial charge in [0, 0.05) is 4.66 Å². The lowest BCUT2D eigenvalue weighted by molar-refractivity contribution is 0.928. The molecular weight excluding hydrogens is 281 g/mol. The monoisotopic (exact) mass is 288 g/mol. The van der Waals surface area contributed by atoms with Gasteiger partial charge in [0.15, 0.2) is 0 Å². The minimum Gasteiger partial charge on any atom is -0.146 e. The molecule has 7 heteroatoms. The molecular formula is C4H9Cl5Si2. The molecule has 0 amide bonds. The summed E-state index contributed by atoms with van der Waals surface area (Å²) in [6.07, 6.45) is 0. The summed E-state index contributed by atoms with van der Waals surface area (Å²) in [7, 11) is 0. The van der Waals surface area contributed by atoms with Gasteiger partial charge in [0.05, 0.1) is 0 Å². The Labute approximate surface area is 92.6 Å². The van der Waals surface area contributed by atoms with Crippen LogP contribution in [0.5, 0.6) is 0 Å². The van der Waals surface area contributed by atoms with Gasteiger partial charge in [0.1, 0.15) is 0 Å². The molecule has 0 atom stereocenters. The van der Waals surface area contributed by atoms with E-state index in [-0.39, 0.29) is 0 Å². The summed E-state index contributed by atoms with van der Waals surface area (Å²) in [4.78, 5) is 0. The fourth-order valence-electron chi connectivity index (χ4n) is 0.249. The fraction of sp³-hybridized carbons (Fsp3) is 1.00. The Hall–Kier alpha value is 1.88.